The summed E-state index contributed by atoms with van der Waals surface area (Å²) in [5.74, 6) is 2.45. The van der Waals surface area contributed by atoms with E-state index in [0.29, 0.717) is 6.79 Å². The summed E-state index contributed by atoms with van der Waals surface area (Å²) >= 11 is 0. The standard InChI is InChI=1S/C15H17N5O2/c1-2-13-14(22-11-21-13)7-12(1)8-19-3-5-20(6-4-19)15-17-9-16-10-18-15/h1-2,7,9-10H,3-6,8,11H2. The molecule has 0 saturated carbocycles. The summed E-state index contributed by atoms with van der Waals surface area (Å²) in [7, 11) is 0. The summed E-state index contributed by atoms with van der Waals surface area (Å²) in [6.07, 6.45) is 3.09. The van der Waals surface area contributed by atoms with E-state index in [9.17, 15) is 0 Å². The third-order valence-corrected chi connectivity index (χ3v) is 3.98. The van der Waals surface area contributed by atoms with Crippen LogP contribution in [0.4, 0.5) is 5.95 Å². The van der Waals surface area contributed by atoms with Crippen molar-refractivity contribution in [2.24, 2.45) is 0 Å². The molecule has 0 N–H and O–H groups in total. The number of piperazine rings is 1. The lowest BCUT2D eigenvalue weighted by Gasteiger charge is -2.34. The van der Waals surface area contributed by atoms with E-state index in [1.54, 1.807) is 12.7 Å². The predicted octanol–water partition coefficient (Wildman–Crippen LogP) is 0.922. The van der Waals surface area contributed by atoms with Crippen LogP contribution in [0.25, 0.3) is 0 Å². The van der Waals surface area contributed by atoms with Gasteiger partial charge in [-0.05, 0) is 17.7 Å². The van der Waals surface area contributed by atoms with Gasteiger partial charge in [0.15, 0.2) is 11.5 Å². The molecule has 2 aliphatic heterocycles. The van der Waals surface area contributed by atoms with Crippen LogP contribution >= 0.6 is 0 Å². The highest BCUT2D eigenvalue weighted by atomic mass is 16.7. The van der Waals surface area contributed by atoms with Gasteiger partial charge in [0.2, 0.25) is 12.7 Å². The lowest BCUT2D eigenvalue weighted by molar-refractivity contribution is 0.174. The summed E-state index contributed by atoms with van der Waals surface area (Å²) in [6, 6.07) is 6.16. The Labute approximate surface area is 128 Å². The third-order valence-electron chi connectivity index (χ3n) is 3.98. The molecule has 0 amide bonds. The average Bonchev–Trinajstić information content (AvgIpc) is 3.04. The van der Waals surface area contributed by atoms with Crippen molar-refractivity contribution in [3.05, 3.63) is 36.4 Å². The minimum Gasteiger partial charge on any atom is -0.454 e. The molecule has 0 spiro atoms. The molecule has 0 radical (unpaired) electrons. The Morgan fingerprint density at radius 1 is 0.955 bits per heavy atom. The Morgan fingerprint density at radius 3 is 2.55 bits per heavy atom. The minimum absolute atomic E-state index is 0.323. The maximum atomic E-state index is 5.43. The van der Waals surface area contributed by atoms with Crippen LogP contribution in [0.5, 0.6) is 11.5 Å². The molecule has 4 rings (SSSR count). The topological polar surface area (TPSA) is 63.6 Å². The van der Waals surface area contributed by atoms with E-state index in [-0.39, 0.29) is 0 Å². The van der Waals surface area contributed by atoms with Crippen molar-refractivity contribution in [1.29, 1.82) is 0 Å². The predicted molar refractivity (Wildman–Crippen MR) is 79.9 cm³/mol. The molecule has 114 valence electrons. The molecule has 22 heavy (non-hydrogen) atoms. The fourth-order valence-corrected chi connectivity index (χ4v) is 2.80. The van der Waals surface area contributed by atoms with E-state index in [0.717, 1.165) is 50.2 Å². The molecule has 7 heteroatoms. The molecular formula is C15H17N5O2. The van der Waals surface area contributed by atoms with Gasteiger partial charge in [-0.15, -0.1) is 0 Å². The van der Waals surface area contributed by atoms with Crippen molar-refractivity contribution >= 4 is 5.95 Å². The maximum Gasteiger partial charge on any atom is 0.231 e. The van der Waals surface area contributed by atoms with Gasteiger partial charge >= 0.3 is 0 Å². The van der Waals surface area contributed by atoms with Crippen LogP contribution in [0, 0.1) is 0 Å². The van der Waals surface area contributed by atoms with Crippen LogP contribution in [0.15, 0.2) is 30.9 Å². The van der Waals surface area contributed by atoms with Gasteiger partial charge in [-0.1, -0.05) is 6.07 Å². The molecule has 2 aliphatic rings. The smallest absolute Gasteiger partial charge is 0.231 e. The van der Waals surface area contributed by atoms with Crippen molar-refractivity contribution in [1.82, 2.24) is 19.9 Å². The monoisotopic (exact) mass is 299 g/mol. The molecule has 0 atom stereocenters. The van der Waals surface area contributed by atoms with Gasteiger partial charge in [-0.3, -0.25) is 4.90 Å². The number of anilines is 1. The number of benzene rings is 1. The Hall–Kier alpha value is -2.41. The Morgan fingerprint density at radius 2 is 1.73 bits per heavy atom. The van der Waals surface area contributed by atoms with Gasteiger partial charge in [0.25, 0.3) is 0 Å². The van der Waals surface area contributed by atoms with E-state index < -0.39 is 0 Å². The first-order valence-electron chi connectivity index (χ1n) is 7.36. The second-order valence-corrected chi connectivity index (χ2v) is 5.39. The van der Waals surface area contributed by atoms with Crippen molar-refractivity contribution in [3.8, 4) is 11.5 Å². The van der Waals surface area contributed by atoms with Gasteiger partial charge in [-0.2, -0.15) is 0 Å². The van der Waals surface area contributed by atoms with E-state index in [4.69, 9.17) is 9.47 Å². The van der Waals surface area contributed by atoms with E-state index >= 15 is 0 Å². The first-order chi connectivity index (χ1) is 10.9. The largest absolute Gasteiger partial charge is 0.454 e. The molecule has 0 aliphatic carbocycles. The van der Waals surface area contributed by atoms with Crippen LogP contribution in [0.1, 0.15) is 5.56 Å². The zero-order valence-corrected chi connectivity index (χ0v) is 12.2. The molecule has 7 nitrogen and oxygen atoms in total. The highest BCUT2D eigenvalue weighted by Crippen LogP contribution is 2.32. The van der Waals surface area contributed by atoms with Gasteiger partial charge in [0, 0.05) is 32.7 Å². The van der Waals surface area contributed by atoms with Gasteiger partial charge in [0.05, 0.1) is 0 Å². The SMILES string of the molecule is c1ncnc(N2CCN(Cc3ccc4c(c3)OCO4)CC2)n1. The summed E-state index contributed by atoms with van der Waals surface area (Å²) in [6.45, 7) is 5.06. The zero-order valence-electron chi connectivity index (χ0n) is 12.2. The summed E-state index contributed by atoms with van der Waals surface area (Å²) in [4.78, 5) is 16.9. The summed E-state index contributed by atoms with van der Waals surface area (Å²) in [5.41, 5.74) is 1.25. The van der Waals surface area contributed by atoms with Crippen LogP contribution in [-0.4, -0.2) is 52.8 Å². The number of nitrogens with zero attached hydrogens (tertiary/aromatic N) is 5. The molecule has 1 aromatic carbocycles. The fourth-order valence-electron chi connectivity index (χ4n) is 2.80. The molecule has 3 heterocycles. The van der Waals surface area contributed by atoms with Gasteiger partial charge in [-0.25, -0.2) is 15.0 Å². The normalized spacial score (nSPS) is 17.7. The molecule has 1 fully saturated rings. The molecule has 1 aromatic heterocycles. The average molecular weight is 299 g/mol. The van der Waals surface area contributed by atoms with E-state index in [1.807, 2.05) is 6.07 Å². The Kier molecular flexibility index (Phi) is 3.48. The summed E-state index contributed by atoms with van der Waals surface area (Å²) < 4.78 is 10.8. The van der Waals surface area contributed by atoms with Crippen molar-refractivity contribution in [2.45, 2.75) is 6.54 Å². The van der Waals surface area contributed by atoms with Crippen LogP contribution in [0.3, 0.4) is 0 Å². The highest BCUT2D eigenvalue weighted by Gasteiger charge is 2.20. The van der Waals surface area contributed by atoms with Crippen LogP contribution in [0.2, 0.25) is 0 Å². The first kappa shape index (κ1) is 13.3. The first-order valence-corrected chi connectivity index (χ1v) is 7.36. The highest BCUT2D eigenvalue weighted by molar-refractivity contribution is 5.44. The van der Waals surface area contributed by atoms with Crippen LogP contribution in [-0.2, 0) is 6.54 Å². The Bertz CT molecular complexity index is 644. The molecule has 2 aromatic rings. The van der Waals surface area contributed by atoms with E-state index in [1.165, 1.54) is 5.56 Å². The molecule has 0 unspecified atom stereocenters. The fraction of sp³-hybridized carbons (Fsp3) is 0.400. The lowest BCUT2D eigenvalue weighted by Crippen LogP contribution is -2.46. The number of aromatic nitrogens is 3. The van der Waals surface area contributed by atoms with Gasteiger partial charge in [0.1, 0.15) is 12.7 Å². The molecular weight excluding hydrogens is 282 g/mol. The number of rotatable bonds is 3. The molecule has 0 bridgehead atoms. The Balaban J connectivity index is 1.36. The minimum atomic E-state index is 0.323. The maximum absolute atomic E-state index is 5.43. The molecule has 1 saturated heterocycles. The second kappa shape index (κ2) is 5.76. The van der Waals surface area contributed by atoms with Crippen molar-refractivity contribution in [3.63, 3.8) is 0 Å². The number of hydrogen-bond donors (Lipinski definition) is 0. The van der Waals surface area contributed by atoms with Crippen molar-refractivity contribution < 1.29 is 9.47 Å². The van der Waals surface area contributed by atoms with Crippen molar-refractivity contribution in [2.75, 3.05) is 37.9 Å². The number of ether oxygens (including phenoxy) is 2. The van der Waals surface area contributed by atoms with E-state index in [2.05, 4.69) is 36.9 Å². The van der Waals surface area contributed by atoms with Crippen LogP contribution < -0.4 is 14.4 Å². The quantitative estimate of drug-likeness (QED) is 0.835. The lowest BCUT2D eigenvalue weighted by atomic mass is 10.1. The number of fused-ring (bicyclic) bond motifs is 1. The number of hydrogen-bond acceptors (Lipinski definition) is 7. The second-order valence-electron chi connectivity index (χ2n) is 5.39. The third kappa shape index (κ3) is 2.67. The zero-order chi connectivity index (χ0) is 14.8. The van der Waals surface area contributed by atoms with Gasteiger partial charge < -0.3 is 14.4 Å². The summed E-state index contributed by atoms with van der Waals surface area (Å²) in [5, 5.41) is 0.